The van der Waals surface area contributed by atoms with Crippen molar-refractivity contribution in [1.82, 2.24) is 4.57 Å². The summed E-state index contributed by atoms with van der Waals surface area (Å²) < 4.78 is 8.20. The number of hydrogen-bond donors (Lipinski definition) is 0. The van der Waals surface area contributed by atoms with E-state index < -0.39 is 12.0 Å². The fraction of sp³-hybridized carbons (Fsp3) is 0.240. The Hall–Kier alpha value is -2.97. The topological polar surface area (TPSA) is 63.9 Å². The largest absolute Gasteiger partial charge is 0.466 e. The number of thiazole rings is 1. The zero-order valence-corrected chi connectivity index (χ0v) is 21.2. The van der Waals surface area contributed by atoms with E-state index in [9.17, 15) is 9.59 Å². The average molecular weight is 526 g/mol. The van der Waals surface area contributed by atoms with Gasteiger partial charge in [0.2, 0.25) is 0 Å². The van der Waals surface area contributed by atoms with Gasteiger partial charge in [0.1, 0.15) is 0 Å². The van der Waals surface area contributed by atoms with E-state index in [1.807, 2.05) is 80.5 Å². The number of allylic oxidation sites excluding steroid dienone is 1. The molecule has 2 aromatic carbocycles. The van der Waals surface area contributed by atoms with E-state index in [1.165, 1.54) is 18.4 Å². The molecular weight excluding hydrogens is 502 g/mol. The van der Waals surface area contributed by atoms with E-state index in [0.717, 1.165) is 21.3 Å². The zero-order chi connectivity index (χ0) is 23.7. The van der Waals surface area contributed by atoms with Crippen LogP contribution < -0.4 is 19.8 Å². The summed E-state index contributed by atoms with van der Waals surface area (Å²) in [5, 5.41) is 0. The van der Waals surface area contributed by atoms with E-state index >= 15 is 0 Å². The van der Waals surface area contributed by atoms with Gasteiger partial charge in [-0.3, -0.25) is 9.36 Å². The minimum Gasteiger partial charge on any atom is -0.466 e. The van der Waals surface area contributed by atoms with Crippen LogP contribution in [0.15, 0.2) is 74.1 Å². The van der Waals surface area contributed by atoms with Gasteiger partial charge in [-0.15, -0.1) is 0 Å². The number of esters is 1. The number of aromatic nitrogens is 1. The molecule has 0 amide bonds. The summed E-state index contributed by atoms with van der Waals surface area (Å²) >= 11 is 4.94. The van der Waals surface area contributed by atoms with E-state index in [4.69, 9.17) is 9.73 Å². The lowest BCUT2D eigenvalue weighted by atomic mass is 9.95. The monoisotopic (exact) mass is 525 g/mol. The lowest BCUT2D eigenvalue weighted by Crippen LogP contribution is -2.40. The van der Waals surface area contributed by atoms with Crippen molar-refractivity contribution in [2.75, 3.05) is 26.1 Å². The Bertz CT molecular complexity index is 1420. The molecule has 4 rings (SSSR count). The summed E-state index contributed by atoms with van der Waals surface area (Å²) in [5.74, 6) is -0.470. The number of carbonyl (C=O) groups excluding carboxylic acids is 1. The molecule has 0 spiro atoms. The first-order valence-corrected chi connectivity index (χ1v) is 12.1. The average Bonchev–Trinajstić information content (AvgIpc) is 3.12. The quantitative estimate of drug-likeness (QED) is 0.477. The number of fused-ring (bicyclic) bond motifs is 1. The zero-order valence-electron chi connectivity index (χ0n) is 18.8. The van der Waals surface area contributed by atoms with Crippen molar-refractivity contribution >= 4 is 45.0 Å². The van der Waals surface area contributed by atoms with Crippen LogP contribution in [-0.2, 0) is 9.53 Å². The van der Waals surface area contributed by atoms with Crippen molar-refractivity contribution in [3.8, 4) is 0 Å². The molecule has 1 aliphatic heterocycles. The first-order chi connectivity index (χ1) is 15.8. The predicted molar refractivity (Wildman–Crippen MR) is 135 cm³/mol. The maximum Gasteiger partial charge on any atom is 0.338 e. The number of halogens is 1. The SMILES string of the molecule is CCC1=C(C(=O)OC)[C@@H](c2ccccc2)n2c(s/c(=C\c3ccc(N(C)C)c(Br)c3)c2=O)=N1. The number of anilines is 1. The maximum absolute atomic E-state index is 13.6. The second-order valence-corrected chi connectivity index (χ2v) is 9.67. The van der Waals surface area contributed by atoms with Gasteiger partial charge in [0.05, 0.1) is 34.6 Å². The predicted octanol–water partition coefficient (Wildman–Crippen LogP) is 3.63. The van der Waals surface area contributed by atoms with Crippen molar-refractivity contribution in [1.29, 1.82) is 0 Å². The van der Waals surface area contributed by atoms with Crippen molar-refractivity contribution < 1.29 is 9.53 Å². The molecule has 1 atom stereocenters. The molecule has 0 bridgehead atoms. The van der Waals surface area contributed by atoms with Gasteiger partial charge in [0.25, 0.3) is 5.56 Å². The van der Waals surface area contributed by atoms with Crippen LogP contribution in [0.4, 0.5) is 5.69 Å². The van der Waals surface area contributed by atoms with Gasteiger partial charge in [-0.05, 0) is 51.7 Å². The highest BCUT2D eigenvalue weighted by Gasteiger charge is 2.33. The van der Waals surface area contributed by atoms with Crippen molar-refractivity contribution in [3.05, 3.63) is 95.1 Å². The second kappa shape index (κ2) is 9.49. The summed E-state index contributed by atoms with van der Waals surface area (Å²) in [5.41, 5.74) is 3.65. The molecule has 6 nitrogen and oxygen atoms in total. The van der Waals surface area contributed by atoms with Crippen molar-refractivity contribution in [2.45, 2.75) is 19.4 Å². The van der Waals surface area contributed by atoms with Crippen LogP contribution in [0.1, 0.15) is 30.5 Å². The third-order valence-electron chi connectivity index (χ3n) is 5.52. The summed E-state index contributed by atoms with van der Waals surface area (Å²) in [6, 6.07) is 14.9. The van der Waals surface area contributed by atoms with Crippen LogP contribution in [0.2, 0.25) is 0 Å². The Labute approximate surface area is 204 Å². The summed E-state index contributed by atoms with van der Waals surface area (Å²) in [6.45, 7) is 1.95. The summed E-state index contributed by atoms with van der Waals surface area (Å²) in [4.78, 5) is 33.7. The number of carbonyl (C=O) groups is 1. The maximum atomic E-state index is 13.6. The Morgan fingerprint density at radius 1 is 1.24 bits per heavy atom. The van der Waals surface area contributed by atoms with E-state index in [0.29, 0.717) is 27.0 Å². The highest BCUT2D eigenvalue weighted by Crippen LogP contribution is 2.31. The number of nitrogens with zero attached hydrogens (tertiary/aromatic N) is 3. The van der Waals surface area contributed by atoms with Crippen LogP contribution in [0.3, 0.4) is 0 Å². The molecule has 1 aliphatic rings. The smallest absolute Gasteiger partial charge is 0.338 e. The Balaban J connectivity index is 1.95. The third-order valence-corrected chi connectivity index (χ3v) is 7.13. The van der Waals surface area contributed by atoms with Crippen LogP contribution >= 0.6 is 27.3 Å². The molecule has 0 saturated carbocycles. The molecule has 0 aliphatic carbocycles. The number of hydrogen-bond acceptors (Lipinski definition) is 6. The molecule has 33 heavy (non-hydrogen) atoms. The van der Waals surface area contributed by atoms with Gasteiger partial charge in [-0.1, -0.05) is 54.7 Å². The van der Waals surface area contributed by atoms with Crippen LogP contribution in [0, 0.1) is 0 Å². The highest BCUT2D eigenvalue weighted by atomic mass is 79.9. The Kier molecular flexibility index (Phi) is 6.67. The molecule has 2 heterocycles. The molecule has 170 valence electrons. The van der Waals surface area contributed by atoms with Crippen molar-refractivity contribution in [3.63, 3.8) is 0 Å². The molecule has 0 radical (unpaired) electrons. The lowest BCUT2D eigenvalue weighted by molar-refractivity contribution is -0.136. The molecule has 0 saturated heterocycles. The number of ether oxygens (including phenoxy) is 1. The molecule has 8 heteroatoms. The summed E-state index contributed by atoms with van der Waals surface area (Å²) in [7, 11) is 5.31. The Morgan fingerprint density at radius 2 is 1.97 bits per heavy atom. The molecule has 1 aromatic heterocycles. The first-order valence-electron chi connectivity index (χ1n) is 10.5. The molecule has 0 fully saturated rings. The standard InChI is InChI=1S/C25H24BrN3O3S/c1-5-18-21(24(31)32-4)22(16-9-7-6-8-10-16)29-23(30)20(33-25(29)27-18)14-15-11-12-19(28(2)3)17(26)13-15/h6-14,22H,5H2,1-4H3/b20-14-/t22-/m1/s1. The van der Waals surface area contributed by atoms with E-state index in [-0.39, 0.29) is 5.56 Å². The van der Waals surface area contributed by atoms with Crippen molar-refractivity contribution in [2.24, 2.45) is 4.99 Å². The molecule has 3 aromatic rings. The van der Waals surface area contributed by atoms with Crippen LogP contribution in [0.25, 0.3) is 6.08 Å². The van der Waals surface area contributed by atoms with Gasteiger partial charge in [0, 0.05) is 18.6 Å². The van der Waals surface area contributed by atoms with E-state index in [1.54, 1.807) is 4.57 Å². The fourth-order valence-corrected chi connectivity index (χ4v) is 5.71. The molecule has 0 N–H and O–H groups in total. The number of methoxy groups -OCH3 is 1. The molecule has 0 unspecified atom stereocenters. The van der Waals surface area contributed by atoms with Gasteiger partial charge < -0.3 is 9.64 Å². The number of rotatable bonds is 5. The molecular formula is C25H24BrN3O3S. The second-order valence-electron chi connectivity index (χ2n) is 7.80. The summed E-state index contributed by atoms with van der Waals surface area (Å²) in [6.07, 6.45) is 2.42. The van der Waals surface area contributed by atoms with Crippen LogP contribution in [-0.4, -0.2) is 31.7 Å². The van der Waals surface area contributed by atoms with Crippen LogP contribution in [0.5, 0.6) is 0 Å². The normalized spacial score (nSPS) is 15.8. The Morgan fingerprint density at radius 3 is 2.58 bits per heavy atom. The minimum atomic E-state index is -0.588. The third kappa shape index (κ3) is 4.32. The number of benzene rings is 2. The fourth-order valence-electron chi connectivity index (χ4n) is 3.94. The lowest BCUT2D eigenvalue weighted by Gasteiger charge is -2.25. The first kappa shape index (κ1) is 23.2. The van der Waals surface area contributed by atoms with Gasteiger partial charge in [0.15, 0.2) is 4.80 Å². The van der Waals surface area contributed by atoms with Gasteiger partial charge >= 0.3 is 5.97 Å². The van der Waals surface area contributed by atoms with Gasteiger partial charge in [-0.2, -0.15) is 0 Å². The highest BCUT2D eigenvalue weighted by molar-refractivity contribution is 9.10. The minimum absolute atomic E-state index is 0.183. The van der Waals surface area contributed by atoms with Gasteiger partial charge in [-0.25, -0.2) is 9.79 Å². The van der Waals surface area contributed by atoms with E-state index in [2.05, 4.69) is 15.9 Å².